The Bertz CT molecular complexity index is 417. The SMILES string of the molecule is C/C(=C/CO[Si](C)(C)C(C)(C)C)CCCC(C)CCCC(C)CCCC(C)C. The molecule has 0 radical (unpaired) electrons. The molecule has 0 aromatic carbocycles. The van der Waals surface area contributed by atoms with E-state index in [-0.39, 0.29) is 0 Å². The fourth-order valence-corrected chi connectivity index (χ4v) is 4.35. The molecule has 0 spiro atoms. The van der Waals surface area contributed by atoms with Crippen LogP contribution in [-0.2, 0) is 4.43 Å². The Balaban J connectivity index is 3.86. The molecule has 168 valence electrons. The maximum Gasteiger partial charge on any atom is 0.192 e. The van der Waals surface area contributed by atoms with E-state index in [9.17, 15) is 0 Å². The standard InChI is InChI=1S/C26H54OSi/c1-22(2)14-11-15-23(3)16-12-17-24(4)18-13-19-25(5)20-21-27-28(9,10)26(6,7)8/h20,22-24H,11-19,21H2,1-10H3/b25-20-. The summed E-state index contributed by atoms with van der Waals surface area (Å²) in [6.07, 6.45) is 14.7. The van der Waals surface area contributed by atoms with Crippen LogP contribution in [0.2, 0.25) is 18.1 Å². The summed E-state index contributed by atoms with van der Waals surface area (Å²) in [5, 5.41) is 0.302. The lowest BCUT2D eigenvalue weighted by Crippen LogP contribution is -2.40. The van der Waals surface area contributed by atoms with Gasteiger partial charge < -0.3 is 4.43 Å². The summed E-state index contributed by atoms with van der Waals surface area (Å²) in [5.41, 5.74) is 1.50. The highest BCUT2D eigenvalue weighted by atomic mass is 28.4. The second-order valence-corrected chi connectivity index (χ2v) is 16.3. The summed E-state index contributed by atoms with van der Waals surface area (Å²) in [5.74, 6) is 2.65. The molecule has 2 unspecified atom stereocenters. The summed E-state index contributed by atoms with van der Waals surface area (Å²) in [7, 11) is -1.60. The monoisotopic (exact) mass is 410 g/mol. The first-order chi connectivity index (χ1) is 12.8. The summed E-state index contributed by atoms with van der Waals surface area (Å²) in [6, 6.07) is 0. The summed E-state index contributed by atoms with van der Waals surface area (Å²) < 4.78 is 6.27. The van der Waals surface area contributed by atoms with E-state index in [2.05, 4.69) is 74.6 Å². The van der Waals surface area contributed by atoms with Crippen LogP contribution in [0.25, 0.3) is 0 Å². The van der Waals surface area contributed by atoms with Gasteiger partial charge in [-0.2, -0.15) is 0 Å². The van der Waals surface area contributed by atoms with Crippen LogP contribution in [0.5, 0.6) is 0 Å². The van der Waals surface area contributed by atoms with Gasteiger partial charge in [-0.1, -0.05) is 105 Å². The molecule has 0 rings (SSSR count). The normalized spacial score (nSPS) is 15.9. The van der Waals surface area contributed by atoms with Crippen molar-refractivity contribution in [3.63, 3.8) is 0 Å². The van der Waals surface area contributed by atoms with Crippen LogP contribution in [0.15, 0.2) is 11.6 Å². The smallest absolute Gasteiger partial charge is 0.192 e. The van der Waals surface area contributed by atoms with Crippen molar-refractivity contribution in [3.05, 3.63) is 11.6 Å². The maximum atomic E-state index is 6.27. The van der Waals surface area contributed by atoms with Crippen LogP contribution in [0.1, 0.15) is 113 Å². The van der Waals surface area contributed by atoms with Crippen LogP contribution < -0.4 is 0 Å². The van der Waals surface area contributed by atoms with E-state index >= 15 is 0 Å². The van der Waals surface area contributed by atoms with Crippen molar-refractivity contribution in [2.75, 3.05) is 6.61 Å². The Morgan fingerprint density at radius 2 is 1.29 bits per heavy atom. The molecule has 2 atom stereocenters. The minimum absolute atomic E-state index is 0.302. The Kier molecular flexibility index (Phi) is 14.0. The van der Waals surface area contributed by atoms with Gasteiger partial charge in [-0.3, -0.25) is 0 Å². The fourth-order valence-electron chi connectivity index (χ4n) is 3.42. The number of hydrogen-bond acceptors (Lipinski definition) is 1. The summed E-state index contributed by atoms with van der Waals surface area (Å²) >= 11 is 0. The van der Waals surface area contributed by atoms with Crippen LogP contribution in [0.3, 0.4) is 0 Å². The van der Waals surface area contributed by atoms with Crippen LogP contribution >= 0.6 is 0 Å². The van der Waals surface area contributed by atoms with E-state index < -0.39 is 8.32 Å². The van der Waals surface area contributed by atoms with Gasteiger partial charge in [-0.25, -0.2) is 0 Å². The zero-order valence-corrected chi connectivity index (χ0v) is 22.3. The van der Waals surface area contributed by atoms with Gasteiger partial charge >= 0.3 is 0 Å². The van der Waals surface area contributed by atoms with Gasteiger partial charge in [0.05, 0.1) is 6.61 Å². The summed E-state index contributed by atoms with van der Waals surface area (Å²) in [4.78, 5) is 0. The van der Waals surface area contributed by atoms with Crippen molar-refractivity contribution in [1.29, 1.82) is 0 Å². The van der Waals surface area contributed by atoms with E-state index in [4.69, 9.17) is 4.43 Å². The third-order valence-electron chi connectivity index (χ3n) is 6.82. The zero-order chi connectivity index (χ0) is 21.8. The van der Waals surface area contributed by atoms with Gasteiger partial charge in [0.2, 0.25) is 0 Å². The average molecular weight is 411 g/mol. The molecule has 0 saturated carbocycles. The number of rotatable bonds is 15. The first-order valence-corrected chi connectivity index (χ1v) is 15.1. The molecule has 0 bridgehead atoms. The van der Waals surface area contributed by atoms with E-state index in [0.717, 1.165) is 24.4 Å². The molecule has 0 N–H and O–H groups in total. The van der Waals surface area contributed by atoms with E-state index in [1.165, 1.54) is 63.4 Å². The minimum Gasteiger partial charge on any atom is -0.413 e. The van der Waals surface area contributed by atoms with Gasteiger partial charge in [-0.05, 0) is 55.7 Å². The van der Waals surface area contributed by atoms with Gasteiger partial charge in [0.1, 0.15) is 0 Å². The number of allylic oxidation sites excluding steroid dienone is 1. The van der Waals surface area contributed by atoms with E-state index in [0.29, 0.717) is 5.04 Å². The molecule has 0 fully saturated rings. The molecule has 0 aromatic heterocycles. The van der Waals surface area contributed by atoms with Gasteiger partial charge in [0.25, 0.3) is 0 Å². The first-order valence-electron chi connectivity index (χ1n) is 12.1. The second kappa shape index (κ2) is 14.0. The quantitative estimate of drug-likeness (QED) is 0.193. The van der Waals surface area contributed by atoms with Crippen LogP contribution in [0, 0.1) is 17.8 Å². The Labute approximate surface area is 180 Å². The highest BCUT2D eigenvalue weighted by Crippen LogP contribution is 2.36. The Hall–Kier alpha value is -0.0831. The fraction of sp³-hybridized carbons (Fsp3) is 0.923. The number of hydrogen-bond donors (Lipinski definition) is 0. The third-order valence-corrected chi connectivity index (χ3v) is 11.3. The van der Waals surface area contributed by atoms with Crippen molar-refractivity contribution in [1.82, 2.24) is 0 Å². The minimum atomic E-state index is -1.60. The van der Waals surface area contributed by atoms with Crippen molar-refractivity contribution in [2.24, 2.45) is 17.8 Å². The molecule has 0 aliphatic rings. The molecule has 0 aliphatic heterocycles. The van der Waals surface area contributed by atoms with E-state index in [1.807, 2.05) is 0 Å². The lowest BCUT2D eigenvalue weighted by Gasteiger charge is -2.35. The molecule has 0 aliphatic carbocycles. The molecule has 0 amide bonds. The van der Waals surface area contributed by atoms with Crippen molar-refractivity contribution < 1.29 is 4.43 Å². The van der Waals surface area contributed by atoms with Gasteiger partial charge in [0.15, 0.2) is 8.32 Å². The lowest BCUT2D eigenvalue weighted by molar-refractivity contribution is 0.327. The molecular formula is C26H54OSi. The maximum absolute atomic E-state index is 6.27. The highest BCUT2D eigenvalue weighted by molar-refractivity contribution is 6.74. The first kappa shape index (κ1) is 27.9. The molecular weight excluding hydrogens is 356 g/mol. The predicted molar refractivity (Wildman–Crippen MR) is 132 cm³/mol. The Morgan fingerprint density at radius 3 is 1.75 bits per heavy atom. The predicted octanol–water partition coefficient (Wildman–Crippen LogP) is 9.39. The van der Waals surface area contributed by atoms with Crippen molar-refractivity contribution >= 4 is 8.32 Å². The lowest BCUT2D eigenvalue weighted by atomic mass is 9.91. The van der Waals surface area contributed by atoms with Crippen molar-refractivity contribution in [3.8, 4) is 0 Å². The molecule has 0 heterocycles. The van der Waals surface area contributed by atoms with E-state index in [1.54, 1.807) is 0 Å². The average Bonchev–Trinajstić information content (AvgIpc) is 2.53. The highest BCUT2D eigenvalue weighted by Gasteiger charge is 2.36. The van der Waals surface area contributed by atoms with Gasteiger partial charge in [0, 0.05) is 0 Å². The van der Waals surface area contributed by atoms with Crippen LogP contribution in [-0.4, -0.2) is 14.9 Å². The van der Waals surface area contributed by atoms with Crippen LogP contribution in [0.4, 0.5) is 0 Å². The third kappa shape index (κ3) is 14.0. The zero-order valence-electron chi connectivity index (χ0n) is 21.3. The Morgan fingerprint density at radius 1 is 0.821 bits per heavy atom. The van der Waals surface area contributed by atoms with Gasteiger partial charge in [-0.15, -0.1) is 0 Å². The largest absolute Gasteiger partial charge is 0.413 e. The summed E-state index contributed by atoms with van der Waals surface area (Å²) in [6.45, 7) is 24.2. The molecule has 1 nitrogen and oxygen atoms in total. The second-order valence-electron chi connectivity index (χ2n) is 11.5. The molecule has 28 heavy (non-hydrogen) atoms. The van der Waals surface area contributed by atoms with Crippen molar-refractivity contribution in [2.45, 2.75) is 131 Å². The molecule has 0 saturated heterocycles. The molecule has 0 aromatic rings. The topological polar surface area (TPSA) is 9.23 Å². The molecule has 2 heteroatoms.